The van der Waals surface area contributed by atoms with Crippen molar-refractivity contribution in [3.8, 4) is 11.4 Å². The summed E-state index contributed by atoms with van der Waals surface area (Å²) in [4.78, 5) is 9.09. The van der Waals surface area contributed by atoms with Crippen molar-refractivity contribution in [2.24, 2.45) is 0 Å². The van der Waals surface area contributed by atoms with Gasteiger partial charge in [0, 0.05) is 23.7 Å². The highest BCUT2D eigenvalue weighted by molar-refractivity contribution is 7.89. The number of sulfonamides is 1. The molecule has 0 saturated carbocycles. The SMILES string of the molecule is Cc1ccc(-c2noc(C3CCCCN3S(=O)(=O)c3cccc4cccnc34)n2)cc1. The Kier molecular flexibility index (Phi) is 5.03. The lowest BCUT2D eigenvalue weighted by atomic mass is 10.1. The molecular formula is C23H22N4O3S. The maximum Gasteiger partial charge on any atom is 0.245 e. The minimum absolute atomic E-state index is 0.204. The molecule has 0 aliphatic carbocycles. The number of pyridine rings is 1. The van der Waals surface area contributed by atoms with Crippen molar-refractivity contribution >= 4 is 20.9 Å². The Hall–Kier alpha value is -3.10. The van der Waals surface area contributed by atoms with Crippen molar-refractivity contribution in [1.82, 2.24) is 19.4 Å². The fourth-order valence-electron chi connectivity index (χ4n) is 4.04. The number of rotatable bonds is 4. The van der Waals surface area contributed by atoms with E-state index in [9.17, 15) is 8.42 Å². The molecule has 4 aromatic rings. The first-order valence-corrected chi connectivity index (χ1v) is 11.7. The molecule has 1 fully saturated rings. The lowest BCUT2D eigenvalue weighted by Gasteiger charge is -2.32. The summed E-state index contributed by atoms with van der Waals surface area (Å²) in [5.74, 6) is 0.789. The van der Waals surface area contributed by atoms with Crippen LogP contribution in [0.4, 0.5) is 0 Å². The van der Waals surface area contributed by atoms with Gasteiger partial charge in [0.15, 0.2) is 0 Å². The molecule has 5 rings (SSSR count). The van der Waals surface area contributed by atoms with Crippen LogP contribution in [0.25, 0.3) is 22.3 Å². The van der Waals surface area contributed by atoms with E-state index in [-0.39, 0.29) is 4.90 Å². The molecule has 7 nitrogen and oxygen atoms in total. The molecule has 8 heteroatoms. The van der Waals surface area contributed by atoms with Gasteiger partial charge in [-0.25, -0.2) is 8.42 Å². The van der Waals surface area contributed by atoms with Crippen LogP contribution in [-0.2, 0) is 10.0 Å². The van der Waals surface area contributed by atoms with Gasteiger partial charge in [-0.05, 0) is 31.9 Å². The molecule has 2 aromatic heterocycles. The molecule has 1 aliphatic heterocycles. The summed E-state index contributed by atoms with van der Waals surface area (Å²) in [6.45, 7) is 2.41. The van der Waals surface area contributed by atoms with Crippen LogP contribution < -0.4 is 0 Å². The highest BCUT2D eigenvalue weighted by Gasteiger charge is 2.38. The molecule has 1 aliphatic rings. The van der Waals surface area contributed by atoms with Crippen LogP contribution in [-0.4, -0.2) is 34.4 Å². The van der Waals surface area contributed by atoms with E-state index < -0.39 is 16.1 Å². The molecule has 0 N–H and O–H groups in total. The normalized spacial score (nSPS) is 17.8. The molecule has 0 bridgehead atoms. The van der Waals surface area contributed by atoms with Gasteiger partial charge in [0.25, 0.3) is 0 Å². The summed E-state index contributed by atoms with van der Waals surface area (Å²) >= 11 is 0. The van der Waals surface area contributed by atoms with Gasteiger partial charge < -0.3 is 4.52 Å². The van der Waals surface area contributed by atoms with Gasteiger partial charge in [-0.15, -0.1) is 0 Å². The van der Waals surface area contributed by atoms with E-state index in [2.05, 4.69) is 15.1 Å². The zero-order valence-electron chi connectivity index (χ0n) is 17.1. The minimum atomic E-state index is -3.80. The number of fused-ring (bicyclic) bond motifs is 1. The van der Waals surface area contributed by atoms with E-state index in [1.54, 1.807) is 24.4 Å². The second kappa shape index (κ2) is 7.86. The Labute approximate surface area is 180 Å². The molecule has 3 heterocycles. The largest absolute Gasteiger partial charge is 0.337 e. The first kappa shape index (κ1) is 19.8. The first-order valence-electron chi connectivity index (χ1n) is 10.3. The smallest absolute Gasteiger partial charge is 0.245 e. The Bertz CT molecular complexity index is 1330. The van der Waals surface area contributed by atoms with Crippen molar-refractivity contribution in [2.75, 3.05) is 6.54 Å². The van der Waals surface area contributed by atoms with E-state index >= 15 is 0 Å². The quantitative estimate of drug-likeness (QED) is 0.469. The standard InChI is InChI=1S/C23H22N4O3S/c1-16-10-12-18(13-11-16)22-25-23(30-26-22)19-8-2-3-15-27(19)31(28,29)20-9-4-6-17-7-5-14-24-21(17)20/h4-7,9-14,19H,2-3,8,15H2,1H3. The van der Waals surface area contributed by atoms with Crippen molar-refractivity contribution < 1.29 is 12.9 Å². The van der Waals surface area contributed by atoms with E-state index in [0.29, 0.717) is 30.2 Å². The highest BCUT2D eigenvalue weighted by Crippen LogP contribution is 2.36. The van der Waals surface area contributed by atoms with Gasteiger partial charge in [-0.1, -0.05) is 59.6 Å². The molecule has 1 unspecified atom stereocenters. The van der Waals surface area contributed by atoms with E-state index in [0.717, 1.165) is 29.4 Å². The van der Waals surface area contributed by atoms with Crippen molar-refractivity contribution in [2.45, 2.75) is 37.1 Å². The molecule has 1 atom stereocenters. The molecular weight excluding hydrogens is 412 g/mol. The second-order valence-electron chi connectivity index (χ2n) is 7.78. The van der Waals surface area contributed by atoms with Gasteiger partial charge >= 0.3 is 0 Å². The highest BCUT2D eigenvalue weighted by atomic mass is 32.2. The summed E-state index contributed by atoms with van der Waals surface area (Å²) in [5.41, 5.74) is 2.45. The predicted molar refractivity (Wildman–Crippen MR) is 117 cm³/mol. The topological polar surface area (TPSA) is 89.2 Å². The molecule has 158 valence electrons. The third-order valence-corrected chi connectivity index (χ3v) is 7.61. The van der Waals surface area contributed by atoms with Crippen molar-refractivity contribution in [1.29, 1.82) is 0 Å². The van der Waals surface area contributed by atoms with Gasteiger partial charge in [0.2, 0.25) is 21.7 Å². The Morgan fingerprint density at radius 1 is 1.03 bits per heavy atom. The first-order chi connectivity index (χ1) is 15.0. The summed E-state index contributed by atoms with van der Waals surface area (Å²) in [5, 5.41) is 4.90. The third kappa shape index (κ3) is 3.62. The maximum atomic E-state index is 13.7. The van der Waals surface area contributed by atoms with Crippen LogP contribution in [0, 0.1) is 6.92 Å². The molecule has 0 amide bonds. The van der Waals surface area contributed by atoms with Crippen LogP contribution in [0.15, 0.2) is 70.2 Å². The van der Waals surface area contributed by atoms with E-state index in [1.165, 1.54) is 4.31 Å². The maximum absolute atomic E-state index is 13.7. The van der Waals surface area contributed by atoms with Crippen LogP contribution in [0.1, 0.15) is 36.8 Å². The summed E-state index contributed by atoms with van der Waals surface area (Å²) < 4.78 is 34.4. The Balaban J connectivity index is 1.53. The van der Waals surface area contributed by atoms with Crippen LogP contribution in [0.2, 0.25) is 0 Å². The molecule has 31 heavy (non-hydrogen) atoms. The van der Waals surface area contributed by atoms with Crippen molar-refractivity contribution in [3.63, 3.8) is 0 Å². The van der Waals surface area contributed by atoms with Gasteiger partial charge in [-0.3, -0.25) is 4.98 Å². The monoisotopic (exact) mass is 434 g/mol. The number of para-hydroxylation sites is 1. The Morgan fingerprint density at radius 2 is 1.84 bits per heavy atom. The van der Waals surface area contributed by atoms with E-state index in [4.69, 9.17) is 4.52 Å². The van der Waals surface area contributed by atoms with E-state index in [1.807, 2.05) is 43.3 Å². The second-order valence-corrected chi connectivity index (χ2v) is 9.64. The van der Waals surface area contributed by atoms with Crippen LogP contribution in [0.5, 0.6) is 0 Å². The van der Waals surface area contributed by atoms with Gasteiger partial charge in [0.05, 0.1) is 5.52 Å². The number of aryl methyl sites for hydroxylation is 1. The van der Waals surface area contributed by atoms with Crippen LogP contribution >= 0.6 is 0 Å². The zero-order valence-corrected chi connectivity index (χ0v) is 17.9. The predicted octanol–water partition coefficient (Wildman–Crippen LogP) is 4.51. The average Bonchev–Trinajstić information content (AvgIpc) is 3.29. The number of benzene rings is 2. The Morgan fingerprint density at radius 3 is 2.68 bits per heavy atom. The molecule has 2 aromatic carbocycles. The van der Waals surface area contributed by atoms with Crippen molar-refractivity contribution in [3.05, 3.63) is 72.2 Å². The summed E-state index contributed by atoms with van der Waals surface area (Å²) in [7, 11) is -3.80. The third-order valence-electron chi connectivity index (χ3n) is 5.67. The number of piperidine rings is 1. The molecule has 0 radical (unpaired) electrons. The van der Waals surface area contributed by atoms with Gasteiger partial charge in [0.1, 0.15) is 10.9 Å². The fourth-order valence-corrected chi connectivity index (χ4v) is 5.86. The number of nitrogens with zero attached hydrogens (tertiary/aromatic N) is 4. The zero-order chi connectivity index (χ0) is 21.4. The summed E-state index contributed by atoms with van der Waals surface area (Å²) in [6.07, 6.45) is 3.92. The average molecular weight is 435 g/mol. The number of aromatic nitrogens is 3. The summed E-state index contributed by atoms with van der Waals surface area (Å²) in [6, 6.07) is 16.2. The molecule has 0 spiro atoms. The van der Waals surface area contributed by atoms with Crippen LogP contribution in [0.3, 0.4) is 0 Å². The lowest BCUT2D eigenvalue weighted by Crippen LogP contribution is -2.38. The number of hydrogen-bond donors (Lipinski definition) is 0. The minimum Gasteiger partial charge on any atom is -0.337 e. The number of hydrogen-bond acceptors (Lipinski definition) is 6. The lowest BCUT2D eigenvalue weighted by molar-refractivity contribution is 0.205. The van der Waals surface area contributed by atoms with Gasteiger partial charge in [-0.2, -0.15) is 9.29 Å². The molecule has 1 saturated heterocycles. The fraction of sp³-hybridized carbons (Fsp3) is 0.261.